The largest absolute Gasteiger partial charge is 0.491 e. The van der Waals surface area contributed by atoms with Gasteiger partial charge in [-0.3, -0.25) is 4.79 Å². The summed E-state index contributed by atoms with van der Waals surface area (Å²) in [5.74, 6) is 1.02. The lowest BCUT2D eigenvalue weighted by Gasteiger charge is -2.13. The molecule has 5 nitrogen and oxygen atoms in total. The molecule has 0 radical (unpaired) electrons. The number of nitrogens with one attached hydrogen (secondary N) is 2. The highest BCUT2D eigenvalue weighted by Crippen LogP contribution is 2.18. The average molecular weight is 336 g/mol. The van der Waals surface area contributed by atoms with Crippen LogP contribution in [0.25, 0.3) is 0 Å². The van der Waals surface area contributed by atoms with Crippen molar-refractivity contribution in [3.8, 4) is 5.75 Å². The van der Waals surface area contributed by atoms with Gasteiger partial charge < -0.3 is 20.1 Å². The van der Waals surface area contributed by atoms with Crippen LogP contribution in [0.5, 0.6) is 5.75 Å². The summed E-state index contributed by atoms with van der Waals surface area (Å²) in [6.07, 6.45) is 2.83. The molecule has 126 valence electrons. The number of hydrogen-bond donors (Lipinski definition) is 2. The van der Waals surface area contributed by atoms with E-state index in [1.165, 1.54) is 0 Å². The first-order valence-corrected chi connectivity index (χ1v) is 8.39. The van der Waals surface area contributed by atoms with Crippen molar-refractivity contribution in [1.29, 1.82) is 0 Å². The second-order valence-corrected chi connectivity index (χ2v) is 6.48. The van der Waals surface area contributed by atoms with Crippen LogP contribution in [-0.2, 0) is 9.53 Å². The van der Waals surface area contributed by atoms with Crippen LogP contribution in [0.1, 0.15) is 33.1 Å². The molecule has 1 atom stereocenters. The summed E-state index contributed by atoms with van der Waals surface area (Å²) in [7, 11) is 0. The minimum Gasteiger partial charge on any atom is -0.491 e. The minimum atomic E-state index is -0.0750. The average Bonchev–Trinajstić information content (AvgIpc) is 2.98. The summed E-state index contributed by atoms with van der Waals surface area (Å²) in [5, 5.41) is 5.97. The number of ether oxygens (including phenoxy) is 2. The van der Waals surface area contributed by atoms with E-state index in [1.807, 2.05) is 38.1 Å². The van der Waals surface area contributed by atoms with Crippen molar-refractivity contribution in [1.82, 2.24) is 5.32 Å². The van der Waals surface area contributed by atoms with Gasteiger partial charge in [-0.25, -0.2) is 0 Å². The Morgan fingerprint density at radius 1 is 1.39 bits per heavy atom. The van der Waals surface area contributed by atoms with E-state index in [0.717, 1.165) is 30.9 Å². The second-order valence-electron chi connectivity index (χ2n) is 6.07. The number of benzene rings is 1. The van der Waals surface area contributed by atoms with Gasteiger partial charge in [-0.05, 0) is 55.2 Å². The van der Waals surface area contributed by atoms with E-state index in [4.69, 9.17) is 21.7 Å². The zero-order valence-corrected chi connectivity index (χ0v) is 14.4. The smallest absolute Gasteiger partial charge is 0.226 e. The zero-order chi connectivity index (χ0) is 16.7. The standard InChI is InChI=1S/C17H24N2O3S/c1-12(2)10-16(20)19-17(23)18-13-5-7-14(8-6-13)22-11-15-4-3-9-21-15/h5-8,12,15H,3-4,9-11H2,1-2H3,(H2,18,19,20,23). The number of hydrogen-bond acceptors (Lipinski definition) is 4. The molecule has 0 saturated carbocycles. The molecular formula is C17H24N2O3S. The predicted molar refractivity (Wildman–Crippen MR) is 94.7 cm³/mol. The fourth-order valence-corrected chi connectivity index (χ4v) is 2.54. The van der Waals surface area contributed by atoms with Crippen molar-refractivity contribution in [2.75, 3.05) is 18.5 Å². The highest BCUT2D eigenvalue weighted by Gasteiger charge is 2.15. The Labute approximate surface area is 142 Å². The number of amides is 1. The van der Waals surface area contributed by atoms with Gasteiger partial charge in [0.05, 0.1) is 6.10 Å². The Morgan fingerprint density at radius 3 is 2.74 bits per heavy atom. The molecule has 1 aromatic carbocycles. The fourth-order valence-electron chi connectivity index (χ4n) is 2.31. The first-order valence-electron chi connectivity index (χ1n) is 7.98. The first-order chi connectivity index (χ1) is 11.0. The van der Waals surface area contributed by atoms with Gasteiger partial charge in [-0.15, -0.1) is 0 Å². The SMILES string of the molecule is CC(C)CC(=O)NC(=S)Nc1ccc(OCC2CCCO2)cc1. The molecule has 0 aliphatic carbocycles. The molecule has 1 aliphatic rings. The summed E-state index contributed by atoms with van der Waals surface area (Å²) in [6, 6.07) is 7.48. The van der Waals surface area contributed by atoms with Crippen molar-refractivity contribution in [3.05, 3.63) is 24.3 Å². The first kappa shape index (κ1) is 17.7. The minimum absolute atomic E-state index is 0.0750. The van der Waals surface area contributed by atoms with Crippen LogP contribution in [0.2, 0.25) is 0 Å². The lowest BCUT2D eigenvalue weighted by atomic mass is 10.1. The molecule has 0 spiro atoms. The molecule has 2 N–H and O–H groups in total. The van der Waals surface area contributed by atoms with Crippen LogP contribution in [0.15, 0.2) is 24.3 Å². The van der Waals surface area contributed by atoms with Crippen LogP contribution in [0.4, 0.5) is 5.69 Å². The maximum Gasteiger partial charge on any atom is 0.226 e. The third-order valence-corrected chi connectivity index (χ3v) is 3.62. The van der Waals surface area contributed by atoms with E-state index in [-0.39, 0.29) is 12.0 Å². The van der Waals surface area contributed by atoms with E-state index in [9.17, 15) is 4.79 Å². The van der Waals surface area contributed by atoms with Gasteiger partial charge in [-0.1, -0.05) is 13.8 Å². The molecule has 0 bridgehead atoms. The lowest BCUT2D eigenvalue weighted by Crippen LogP contribution is -2.34. The summed E-state index contributed by atoms with van der Waals surface area (Å²) in [5.41, 5.74) is 0.810. The summed E-state index contributed by atoms with van der Waals surface area (Å²) >= 11 is 5.13. The molecule has 6 heteroatoms. The van der Waals surface area contributed by atoms with E-state index >= 15 is 0 Å². The van der Waals surface area contributed by atoms with E-state index in [2.05, 4.69) is 10.6 Å². The van der Waals surface area contributed by atoms with E-state index < -0.39 is 0 Å². The zero-order valence-electron chi connectivity index (χ0n) is 13.6. The van der Waals surface area contributed by atoms with E-state index in [0.29, 0.717) is 24.1 Å². The van der Waals surface area contributed by atoms with Crippen LogP contribution in [0.3, 0.4) is 0 Å². The molecular weight excluding hydrogens is 312 g/mol. The van der Waals surface area contributed by atoms with Gasteiger partial charge in [-0.2, -0.15) is 0 Å². The Balaban J connectivity index is 1.75. The van der Waals surface area contributed by atoms with Crippen molar-refractivity contribution >= 4 is 28.9 Å². The van der Waals surface area contributed by atoms with E-state index in [1.54, 1.807) is 0 Å². The Morgan fingerprint density at radius 2 is 2.13 bits per heavy atom. The second kappa shape index (κ2) is 8.84. The Bertz CT molecular complexity index is 525. The quantitative estimate of drug-likeness (QED) is 0.782. The molecule has 1 heterocycles. The number of anilines is 1. The van der Waals surface area contributed by atoms with Crippen molar-refractivity contribution in [2.45, 2.75) is 39.2 Å². The van der Waals surface area contributed by atoms with Crippen molar-refractivity contribution < 1.29 is 14.3 Å². The molecule has 1 aliphatic heterocycles. The number of carbonyl (C=O) groups is 1. The Kier molecular flexibility index (Phi) is 6.80. The summed E-state index contributed by atoms with van der Waals surface area (Å²) in [4.78, 5) is 11.6. The Hall–Kier alpha value is -1.66. The van der Waals surface area contributed by atoms with Gasteiger partial charge in [0, 0.05) is 18.7 Å². The molecule has 1 saturated heterocycles. The van der Waals surface area contributed by atoms with Crippen LogP contribution in [-0.4, -0.2) is 30.3 Å². The maximum atomic E-state index is 11.6. The molecule has 1 amide bonds. The topological polar surface area (TPSA) is 59.6 Å². The van der Waals surface area contributed by atoms with Crippen LogP contribution < -0.4 is 15.4 Å². The van der Waals surface area contributed by atoms with Gasteiger partial charge in [0.2, 0.25) is 5.91 Å². The van der Waals surface area contributed by atoms with Gasteiger partial charge in [0.15, 0.2) is 5.11 Å². The molecule has 1 unspecified atom stereocenters. The molecule has 23 heavy (non-hydrogen) atoms. The van der Waals surface area contributed by atoms with Gasteiger partial charge in [0.25, 0.3) is 0 Å². The maximum absolute atomic E-state index is 11.6. The fraction of sp³-hybridized carbons (Fsp3) is 0.529. The number of thiocarbonyl (C=S) groups is 1. The molecule has 1 aromatic rings. The normalized spacial score (nSPS) is 17.1. The predicted octanol–water partition coefficient (Wildman–Crippen LogP) is 3.10. The number of carbonyl (C=O) groups excluding carboxylic acids is 1. The highest BCUT2D eigenvalue weighted by atomic mass is 32.1. The molecule has 0 aromatic heterocycles. The monoisotopic (exact) mass is 336 g/mol. The van der Waals surface area contributed by atoms with Crippen LogP contribution >= 0.6 is 12.2 Å². The summed E-state index contributed by atoms with van der Waals surface area (Å²) in [6.45, 7) is 5.39. The third-order valence-electron chi connectivity index (χ3n) is 3.42. The van der Waals surface area contributed by atoms with Gasteiger partial charge >= 0.3 is 0 Å². The molecule has 2 rings (SSSR count). The van der Waals surface area contributed by atoms with Crippen molar-refractivity contribution in [3.63, 3.8) is 0 Å². The van der Waals surface area contributed by atoms with Crippen molar-refractivity contribution in [2.24, 2.45) is 5.92 Å². The summed E-state index contributed by atoms with van der Waals surface area (Å²) < 4.78 is 11.2. The lowest BCUT2D eigenvalue weighted by molar-refractivity contribution is -0.120. The highest BCUT2D eigenvalue weighted by molar-refractivity contribution is 7.80. The number of rotatable bonds is 6. The molecule has 1 fully saturated rings. The van der Waals surface area contributed by atoms with Gasteiger partial charge in [0.1, 0.15) is 12.4 Å². The third kappa shape index (κ3) is 6.54. The van der Waals surface area contributed by atoms with Crippen LogP contribution in [0, 0.1) is 5.92 Å².